The molecule has 1 N–H and O–H groups in total. The van der Waals surface area contributed by atoms with Gasteiger partial charge in [0.05, 0.1) is 6.61 Å². The fraction of sp³-hybridized carbons (Fsp3) is 0.692. The van der Waals surface area contributed by atoms with E-state index in [0.29, 0.717) is 6.08 Å². The van der Waals surface area contributed by atoms with Gasteiger partial charge in [-0.1, -0.05) is 0 Å². The van der Waals surface area contributed by atoms with Crippen LogP contribution in [-0.4, -0.2) is 36.2 Å². The topological polar surface area (TPSA) is 64.6 Å². The number of alkyl carbamates (subject to hydrolysis) is 1. The summed E-state index contributed by atoms with van der Waals surface area (Å²) >= 11 is 0. The Labute approximate surface area is 116 Å². The molecule has 1 atom stereocenters. The minimum Gasteiger partial charge on any atom is -0.463 e. The third kappa shape index (κ3) is 4.47. The van der Waals surface area contributed by atoms with E-state index < -0.39 is 29.6 Å². The van der Waals surface area contributed by atoms with Crippen molar-refractivity contribution in [2.45, 2.75) is 51.7 Å². The number of esters is 1. The molecule has 1 aliphatic rings. The highest BCUT2D eigenvalue weighted by atomic mass is 19.3. The second-order valence-electron chi connectivity index (χ2n) is 5.47. The molecule has 0 aromatic carbocycles. The third-order valence-corrected chi connectivity index (χ3v) is 2.48. The van der Waals surface area contributed by atoms with Crippen LogP contribution in [0.25, 0.3) is 0 Å². The van der Waals surface area contributed by atoms with Crippen LogP contribution in [0, 0.1) is 0 Å². The molecule has 5 nitrogen and oxygen atoms in total. The Morgan fingerprint density at radius 1 is 1.45 bits per heavy atom. The van der Waals surface area contributed by atoms with Gasteiger partial charge in [-0.3, -0.25) is 0 Å². The van der Waals surface area contributed by atoms with Gasteiger partial charge in [-0.05, 0) is 33.8 Å². The number of carbonyl (C=O) groups is 2. The van der Waals surface area contributed by atoms with Crippen molar-refractivity contribution in [1.29, 1.82) is 0 Å². The molecule has 1 aliphatic carbocycles. The Bertz CT molecular complexity index is 427. The van der Waals surface area contributed by atoms with Crippen molar-refractivity contribution in [1.82, 2.24) is 5.32 Å². The van der Waals surface area contributed by atoms with Gasteiger partial charge >= 0.3 is 12.1 Å². The molecule has 7 heteroatoms. The van der Waals surface area contributed by atoms with Gasteiger partial charge in [0.25, 0.3) is 5.92 Å². The van der Waals surface area contributed by atoms with Gasteiger partial charge in [0.1, 0.15) is 11.6 Å². The van der Waals surface area contributed by atoms with Crippen LogP contribution in [0.3, 0.4) is 0 Å². The van der Waals surface area contributed by atoms with Gasteiger partial charge in [-0.15, -0.1) is 0 Å². The van der Waals surface area contributed by atoms with Crippen LogP contribution in [0.2, 0.25) is 0 Å². The van der Waals surface area contributed by atoms with Crippen LogP contribution in [0.5, 0.6) is 0 Å². The molecule has 0 fully saturated rings. The molecule has 0 bridgehead atoms. The van der Waals surface area contributed by atoms with Crippen molar-refractivity contribution in [3.05, 3.63) is 11.6 Å². The van der Waals surface area contributed by atoms with E-state index in [9.17, 15) is 18.4 Å². The summed E-state index contributed by atoms with van der Waals surface area (Å²) < 4.78 is 37.0. The first-order chi connectivity index (χ1) is 9.05. The highest BCUT2D eigenvalue weighted by Gasteiger charge is 2.46. The second kappa shape index (κ2) is 5.76. The molecule has 0 aliphatic heterocycles. The van der Waals surface area contributed by atoms with E-state index in [1.165, 1.54) is 0 Å². The first-order valence-corrected chi connectivity index (χ1v) is 6.31. The summed E-state index contributed by atoms with van der Waals surface area (Å²) in [5, 5.41) is 2.08. The minimum atomic E-state index is -3.31. The average Bonchev–Trinajstić information content (AvgIpc) is 2.52. The van der Waals surface area contributed by atoms with E-state index in [4.69, 9.17) is 4.74 Å². The predicted molar refractivity (Wildman–Crippen MR) is 67.4 cm³/mol. The molecule has 0 radical (unpaired) electrons. The molecule has 0 heterocycles. The highest BCUT2D eigenvalue weighted by Crippen LogP contribution is 2.34. The molecule has 114 valence electrons. The maximum absolute atomic E-state index is 13.7. The second-order valence-corrected chi connectivity index (χ2v) is 5.47. The Hall–Kier alpha value is -1.66. The average molecular weight is 291 g/mol. The number of carbonyl (C=O) groups excluding carboxylic acids is 2. The van der Waals surface area contributed by atoms with E-state index in [-0.39, 0.29) is 18.6 Å². The number of alkyl halides is 2. The summed E-state index contributed by atoms with van der Waals surface area (Å²) in [6.45, 7) is 6.57. The van der Waals surface area contributed by atoms with Crippen molar-refractivity contribution in [3.8, 4) is 0 Å². The Balaban J connectivity index is 2.67. The van der Waals surface area contributed by atoms with Gasteiger partial charge in [0, 0.05) is 12.0 Å². The lowest BCUT2D eigenvalue weighted by Gasteiger charge is -2.24. The quantitative estimate of drug-likeness (QED) is 0.811. The molecular weight excluding hydrogens is 272 g/mol. The minimum absolute atomic E-state index is 0.103. The fourth-order valence-electron chi connectivity index (χ4n) is 1.71. The summed E-state index contributed by atoms with van der Waals surface area (Å²) in [5.74, 6) is -4.10. The number of hydrogen-bond acceptors (Lipinski definition) is 4. The largest absolute Gasteiger partial charge is 0.463 e. The molecule has 0 aromatic rings. The van der Waals surface area contributed by atoms with E-state index in [1.54, 1.807) is 27.7 Å². The van der Waals surface area contributed by atoms with Crippen molar-refractivity contribution in [2.24, 2.45) is 0 Å². The highest BCUT2D eigenvalue weighted by molar-refractivity contribution is 5.89. The molecule has 0 spiro atoms. The molecule has 0 saturated carbocycles. The van der Waals surface area contributed by atoms with Crippen LogP contribution in [-0.2, 0) is 14.3 Å². The SMILES string of the molecule is CCOC(=O)C1=CC(F)(F)[C@@H](NC(=O)OC(C)(C)C)C1. The molecule has 20 heavy (non-hydrogen) atoms. The standard InChI is InChI=1S/C13H19F2NO4/c1-5-19-10(17)8-6-9(13(14,15)7-8)16-11(18)20-12(2,3)4/h7,9H,5-6H2,1-4H3,(H,16,18)/t9-/m0/s1. The van der Waals surface area contributed by atoms with Crippen molar-refractivity contribution in [2.75, 3.05) is 6.61 Å². The maximum Gasteiger partial charge on any atom is 0.408 e. The lowest BCUT2D eigenvalue weighted by molar-refractivity contribution is -0.138. The Morgan fingerprint density at radius 3 is 2.55 bits per heavy atom. The number of rotatable bonds is 3. The number of ether oxygens (including phenoxy) is 2. The van der Waals surface area contributed by atoms with E-state index in [1.807, 2.05) is 0 Å². The van der Waals surface area contributed by atoms with Crippen LogP contribution < -0.4 is 5.32 Å². The monoisotopic (exact) mass is 291 g/mol. The Morgan fingerprint density at radius 2 is 2.05 bits per heavy atom. The summed E-state index contributed by atoms with van der Waals surface area (Å²) in [4.78, 5) is 22.9. The van der Waals surface area contributed by atoms with Crippen molar-refractivity contribution in [3.63, 3.8) is 0 Å². The molecule has 1 rings (SSSR count). The summed E-state index contributed by atoms with van der Waals surface area (Å²) in [6.07, 6.45) is -0.696. The van der Waals surface area contributed by atoms with E-state index in [0.717, 1.165) is 0 Å². The number of hydrogen-bond donors (Lipinski definition) is 1. The first kappa shape index (κ1) is 16.4. The molecule has 0 saturated heterocycles. The molecule has 0 aromatic heterocycles. The molecule has 1 amide bonds. The summed E-state index contributed by atoms with van der Waals surface area (Å²) in [7, 11) is 0. The summed E-state index contributed by atoms with van der Waals surface area (Å²) in [5.41, 5.74) is -0.923. The summed E-state index contributed by atoms with van der Waals surface area (Å²) in [6, 6.07) is -1.50. The van der Waals surface area contributed by atoms with Gasteiger partial charge in [-0.2, -0.15) is 8.78 Å². The van der Waals surface area contributed by atoms with Gasteiger partial charge in [-0.25, -0.2) is 9.59 Å². The van der Waals surface area contributed by atoms with E-state index >= 15 is 0 Å². The maximum atomic E-state index is 13.7. The zero-order valence-electron chi connectivity index (χ0n) is 12.0. The smallest absolute Gasteiger partial charge is 0.408 e. The Kier molecular flexibility index (Phi) is 4.73. The lowest BCUT2D eigenvalue weighted by Crippen LogP contribution is -2.46. The van der Waals surface area contributed by atoms with Crippen molar-refractivity contribution < 1.29 is 27.8 Å². The third-order valence-electron chi connectivity index (χ3n) is 2.48. The first-order valence-electron chi connectivity index (χ1n) is 6.31. The zero-order valence-corrected chi connectivity index (χ0v) is 12.0. The zero-order chi connectivity index (χ0) is 15.6. The number of nitrogens with one attached hydrogen (secondary N) is 1. The van der Waals surface area contributed by atoms with Gasteiger partial charge in [0.2, 0.25) is 0 Å². The lowest BCUT2D eigenvalue weighted by atomic mass is 10.1. The normalized spacial score (nSPS) is 21.1. The van der Waals surface area contributed by atoms with Crippen LogP contribution >= 0.6 is 0 Å². The van der Waals surface area contributed by atoms with Gasteiger partial charge < -0.3 is 14.8 Å². The molecule has 0 unspecified atom stereocenters. The predicted octanol–water partition coefficient (Wildman–Crippen LogP) is 2.41. The van der Waals surface area contributed by atoms with Crippen molar-refractivity contribution >= 4 is 12.1 Å². The number of amides is 1. The van der Waals surface area contributed by atoms with Crippen LogP contribution in [0.1, 0.15) is 34.1 Å². The van der Waals surface area contributed by atoms with Crippen LogP contribution in [0.15, 0.2) is 11.6 Å². The van der Waals surface area contributed by atoms with E-state index in [2.05, 4.69) is 10.1 Å². The molecular formula is C13H19F2NO4. The fourth-order valence-corrected chi connectivity index (χ4v) is 1.71. The number of halogens is 2. The van der Waals surface area contributed by atoms with Crippen LogP contribution in [0.4, 0.5) is 13.6 Å². The van der Waals surface area contributed by atoms with Gasteiger partial charge in [0.15, 0.2) is 0 Å².